The quantitative estimate of drug-likeness (QED) is 0.782. The van der Waals surface area contributed by atoms with Gasteiger partial charge in [0.25, 0.3) is 11.8 Å². The zero-order chi connectivity index (χ0) is 19.6. The monoisotopic (exact) mass is 405 g/mol. The molecular weight excluding hydrogens is 385 g/mol. The smallest absolute Gasteiger partial charge is 0.255 e. The number of carbonyl (C=O) groups excluding carboxylic acids is 2. The summed E-state index contributed by atoms with van der Waals surface area (Å²) in [7, 11) is 3.92. The summed E-state index contributed by atoms with van der Waals surface area (Å²) in [5.74, 6) is -0.182. The normalized spacial score (nSPS) is 14.2. The van der Waals surface area contributed by atoms with E-state index in [2.05, 4.69) is 0 Å². The van der Waals surface area contributed by atoms with Crippen LogP contribution in [0.2, 0.25) is 10.0 Å². The Kier molecular flexibility index (Phi) is 5.92. The molecule has 2 amide bonds. The fourth-order valence-electron chi connectivity index (χ4n) is 3.03. The number of amides is 2. The first kappa shape index (κ1) is 19.5. The molecule has 0 bridgehead atoms. The van der Waals surface area contributed by atoms with Crippen molar-refractivity contribution in [3.63, 3.8) is 0 Å². The van der Waals surface area contributed by atoms with Crippen molar-refractivity contribution >= 4 is 40.7 Å². The lowest BCUT2D eigenvalue weighted by Gasteiger charge is -2.35. The zero-order valence-corrected chi connectivity index (χ0v) is 16.8. The molecule has 0 aliphatic carbocycles. The van der Waals surface area contributed by atoms with Gasteiger partial charge < -0.3 is 14.7 Å². The van der Waals surface area contributed by atoms with Crippen LogP contribution >= 0.6 is 23.2 Å². The van der Waals surface area contributed by atoms with Gasteiger partial charge in [0, 0.05) is 56.5 Å². The van der Waals surface area contributed by atoms with Crippen molar-refractivity contribution in [2.45, 2.75) is 0 Å². The number of rotatable bonds is 3. The molecule has 2 aromatic rings. The number of hydrogen-bond acceptors (Lipinski definition) is 3. The molecule has 0 spiro atoms. The van der Waals surface area contributed by atoms with Gasteiger partial charge in [-0.2, -0.15) is 0 Å². The van der Waals surface area contributed by atoms with Crippen LogP contribution in [0.3, 0.4) is 0 Å². The van der Waals surface area contributed by atoms with Gasteiger partial charge in [-0.3, -0.25) is 9.59 Å². The van der Waals surface area contributed by atoms with Gasteiger partial charge in [-0.15, -0.1) is 0 Å². The van der Waals surface area contributed by atoms with Gasteiger partial charge in [0.1, 0.15) is 0 Å². The molecule has 0 atom stereocenters. The number of benzene rings is 2. The molecule has 27 heavy (non-hydrogen) atoms. The molecule has 0 radical (unpaired) electrons. The highest BCUT2D eigenvalue weighted by atomic mass is 35.5. The van der Waals surface area contributed by atoms with Crippen LogP contribution in [0.15, 0.2) is 42.5 Å². The van der Waals surface area contributed by atoms with Crippen LogP contribution in [-0.2, 0) is 0 Å². The summed E-state index contributed by atoms with van der Waals surface area (Å²) >= 11 is 12.1. The van der Waals surface area contributed by atoms with Crippen LogP contribution in [0, 0.1) is 0 Å². The molecule has 1 aliphatic heterocycles. The van der Waals surface area contributed by atoms with Crippen molar-refractivity contribution in [2.75, 3.05) is 45.2 Å². The van der Waals surface area contributed by atoms with Crippen LogP contribution in [0.1, 0.15) is 20.7 Å². The van der Waals surface area contributed by atoms with Crippen molar-refractivity contribution in [3.05, 3.63) is 63.6 Å². The Morgan fingerprint density at radius 2 is 1.41 bits per heavy atom. The second-order valence-corrected chi connectivity index (χ2v) is 7.49. The largest absolute Gasteiger partial charge is 0.378 e. The second-order valence-electron chi connectivity index (χ2n) is 6.65. The molecular formula is C20H21Cl2N3O2. The Labute approximate surface area is 169 Å². The maximum atomic E-state index is 12.7. The van der Waals surface area contributed by atoms with Crippen LogP contribution in [0.5, 0.6) is 0 Å². The Balaban J connectivity index is 1.63. The fraction of sp³-hybridized carbons (Fsp3) is 0.300. The summed E-state index contributed by atoms with van der Waals surface area (Å²) < 4.78 is 0. The SMILES string of the molecule is CN(C)c1ccc(C(=O)N2CCN(C(=O)c3cc(Cl)ccc3Cl)CC2)cc1. The molecule has 2 aromatic carbocycles. The Morgan fingerprint density at radius 1 is 0.852 bits per heavy atom. The molecule has 142 valence electrons. The summed E-state index contributed by atoms with van der Waals surface area (Å²) in [5, 5.41) is 0.849. The van der Waals surface area contributed by atoms with E-state index in [1.54, 1.807) is 28.0 Å². The van der Waals surface area contributed by atoms with E-state index in [1.165, 1.54) is 0 Å². The van der Waals surface area contributed by atoms with Gasteiger partial charge in [-0.1, -0.05) is 23.2 Å². The lowest BCUT2D eigenvalue weighted by Crippen LogP contribution is -2.50. The highest BCUT2D eigenvalue weighted by Crippen LogP contribution is 2.23. The number of anilines is 1. The van der Waals surface area contributed by atoms with Gasteiger partial charge in [0.2, 0.25) is 0 Å². The van der Waals surface area contributed by atoms with Crippen LogP contribution < -0.4 is 4.90 Å². The Bertz CT molecular complexity index is 845. The van der Waals surface area contributed by atoms with Crippen molar-refractivity contribution in [2.24, 2.45) is 0 Å². The van der Waals surface area contributed by atoms with E-state index in [-0.39, 0.29) is 11.8 Å². The summed E-state index contributed by atoms with van der Waals surface area (Å²) in [4.78, 5) is 30.9. The average Bonchev–Trinajstić information content (AvgIpc) is 2.69. The number of carbonyl (C=O) groups is 2. The minimum absolute atomic E-state index is 0.0202. The van der Waals surface area contributed by atoms with E-state index in [0.717, 1.165) is 5.69 Å². The molecule has 0 N–H and O–H groups in total. The maximum Gasteiger partial charge on any atom is 0.255 e. The first-order valence-electron chi connectivity index (χ1n) is 8.68. The first-order valence-corrected chi connectivity index (χ1v) is 9.43. The molecule has 7 heteroatoms. The zero-order valence-electron chi connectivity index (χ0n) is 15.3. The molecule has 0 saturated carbocycles. The highest BCUT2D eigenvalue weighted by molar-refractivity contribution is 6.35. The minimum atomic E-state index is -0.162. The molecule has 5 nitrogen and oxygen atoms in total. The Hall–Kier alpha value is -2.24. The molecule has 0 aromatic heterocycles. The van der Waals surface area contributed by atoms with Gasteiger partial charge in [0.05, 0.1) is 10.6 Å². The third-order valence-corrected chi connectivity index (χ3v) is 5.21. The van der Waals surface area contributed by atoms with Crippen molar-refractivity contribution in [3.8, 4) is 0 Å². The molecule has 0 unspecified atom stereocenters. The minimum Gasteiger partial charge on any atom is -0.378 e. The van der Waals surface area contributed by atoms with E-state index in [1.807, 2.05) is 43.3 Å². The number of hydrogen-bond donors (Lipinski definition) is 0. The van der Waals surface area contributed by atoms with Gasteiger partial charge in [0.15, 0.2) is 0 Å². The average molecular weight is 406 g/mol. The summed E-state index contributed by atoms with van der Waals surface area (Å²) in [6.45, 7) is 1.89. The van der Waals surface area contributed by atoms with Crippen molar-refractivity contribution in [1.82, 2.24) is 9.80 Å². The second kappa shape index (κ2) is 8.19. The predicted octanol–water partition coefficient (Wildman–Crippen LogP) is 3.66. The van der Waals surface area contributed by atoms with E-state index in [0.29, 0.717) is 47.4 Å². The van der Waals surface area contributed by atoms with Gasteiger partial charge >= 0.3 is 0 Å². The third-order valence-electron chi connectivity index (χ3n) is 4.64. The third kappa shape index (κ3) is 4.37. The summed E-state index contributed by atoms with van der Waals surface area (Å²) in [6, 6.07) is 12.4. The van der Waals surface area contributed by atoms with E-state index < -0.39 is 0 Å². The number of piperazine rings is 1. The molecule has 1 heterocycles. The standard InChI is InChI=1S/C20H21Cl2N3O2/c1-23(2)16-6-3-14(4-7-16)19(26)24-9-11-25(12-10-24)20(27)17-13-15(21)5-8-18(17)22/h3-8,13H,9-12H2,1-2H3. The van der Waals surface area contributed by atoms with E-state index in [4.69, 9.17) is 23.2 Å². The van der Waals surface area contributed by atoms with E-state index in [9.17, 15) is 9.59 Å². The lowest BCUT2D eigenvalue weighted by atomic mass is 10.1. The van der Waals surface area contributed by atoms with Crippen LogP contribution in [0.25, 0.3) is 0 Å². The lowest BCUT2D eigenvalue weighted by molar-refractivity contribution is 0.0535. The van der Waals surface area contributed by atoms with Crippen molar-refractivity contribution < 1.29 is 9.59 Å². The maximum absolute atomic E-state index is 12.7. The van der Waals surface area contributed by atoms with Crippen LogP contribution in [-0.4, -0.2) is 61.9 Å². The summed E-state index contributed by atoms with van der Waals surface area (Å²) in [6.07, 6.45) is 0. The highest BCUT2D eigenvalue weighted by Gasteiger charge is 2.26. The van der Waals surface area contributed by atoms with E-state index >= 15 is 0 Å². The topological polar surface area (TPSA) is 43.9 Å². The first-order chi connectivity index (χ1) is 12.9. The molecule has 3 rings (SSSR count). The molecule has 1 fully saturated rings. The summed E-state index contributed by atoms with van der Waals surface area (Å²) in [5.41, 5.74) is 2.09. The number of halogens is 2. The van der Waals surface area contributed by atoms with Gasteiger partial charge in [-0.05, 0) is 42.5 Å². The van der Waals surface area contributed by atoms with Gasteiger partial charge in [-0.25, -0.2) is 0 Å². The fourth-order valence-corrected chi connectivity index (χ4v) is 3.40. The predicted molar refractivity (Wildman–Crippen MR) is 109 cm³/mol. The van der Waals surface area contributed by atoms with Crippen LogP contribution in [0.4, 0.5) is 5.69 Å². The number of nitrogens with zero attached hydrogens (tertiary/aromatic N) is 3. The molecule has 1 saturated heterocycles. The Morgan fingerprint density at radius 3 is 1.96 bits per heavy atom. The van der Waals surface area contributed by atoms with Crippen molar-refractivity contribution in [1.29, 1.82) is 0 Å². The molecule has 1 aliphatic rings.